The highest BCUT2D eigenvalue weighted by Crippen LogP contribution is 2.25. The number of hydrogen-bond acceptors (Lipinski definition) is 3. The summed E-state index contributed by atoms with van der Waals surface area (Å²) in [5, 5.41) is 0. The molecule has 5 heteroatoms. The van der Waals surface area contributed by atoms with E-state index in [0.717, 1.165) is 0 Å². The molecule has 3 nitrogen and oxygen atoms in total. The predicted molar refractivity (Wildman–Crippen MR) is 43.3 cm³/mol. The van der Waals surface area contributed by atoms with Gasteiger partial charge in [-0.2, -0.15) is 0 Å². The molecule has 1 aromatic rings. The summed E-state index contributed by atoms with van der Waals surface area (Å²) in [4.78, 5) is 3.84. The maximum atomic E-state index is 4.73. The average Bonchev–Trinajstić information content (AvgIpc) is 2.04. The van der Waals surface area contributed by atoms with Crippen molar-refractivity contribution < 1.29 is 7.66 Å². The summed E-state index contributed by atoms with van der Waals surface area (Å²) in [6.07, 6.45) is 1.60. The van der Waals surface area contributed by atoms with Crippen molar-refractivity contribution in [1.29, 1.82) is 0 Å². The Morgan fingerprint density at radius 2 is 2.10 bits per heavy atom. The maximum absolute atomic E-state index is 4.73. The third-order valence-corrected chi connectivity index (χ3v) is 1.55. The van der Waals surface area contributed by atoms with E-state index in [-0.39, 0.29) is 0 Å². The first-order valence-electron chi connectivity index (χ1n) is 2.40. The number of pyridine rings is 1. The second kappa shape index (κ2) is 3.78. The average molecular weight is 269 g/mol. The Labute approximate surface area is 75.3 Å². The lowest BCUT2D eigenvalue weighted by Crippen LogP contribution is -1.83. The Hall–Kier alpha value is -0.290. The highest BCUT2D eigenvalue weighted by Gasteiger charge is 2.02. The molecule has 0 aromatic carbocycles. The van der Waals surface area contributed by atoms with Crippen LogP contribution in [0.15, 0.2) is 18.3 Å². The Morgan fingerprint density at radius 1 is 1.30 bits per heavy atom. The van der Waals surface area contributed by atoms with Crippen LogP contribution < -0.4 is 7.66 Å². The van der Waals surface area contributed by atoms with Gasteiger partial charge in [0, 0.05) is 6.20 Å². The third-order valence-electron chi connectivity index (χ3n) is 0.892. The highest BCUT2D eigenvalue weighted by molar-refractivity contribution is 9.06. The van der Waals surface area contributed by atoms with E-state index in [1.807, 2.05) is 0 Å². The molecule has 0 aliphatic rings. The van der Waals surface area contributed by atoms with Gasteiger partial charge >= 0.3 is 0 Å². The number of nitrogens with zero attached hydrogens (tertiary/aromatic N) is 1. The fourth-order valence-electron chi connectivity index (χ4n) is 0.493. The van der Waals surface area contributed by atoms with Crippen LogP contribution in [0.2, 0.25) is 0 Å². The maximum Gasteiger partial charge on any atom is 0.271 e. The first-order chi connectivity index (χ1) is 4.88. The molecular weight excluding hydrogens is 266 g/mol. The van der Waals surface area contributed by atoms with Crippen molar-refractivity contribution in [1.82, 2.24) is 4.98 Å². The first kappa shape index (κ1) is 7.81. The first-order valence-corrected chi connectivity index (χ1v) is 3.70. The largest absolute Gasteiger partial charge is 0.412 e. The zero-order chi connectivity index (χ0) is 7.40. The molecule has 0 aliphatic heterocycles. The van der Waals surface area contributed by atoms with Crippen molar-refractivity contribution in [3.8, 4) is 11.6 Å². The van der Waals surface area contributed by atoms with E-state index in [9.17, 15) is 0 Å². The lowest BCUT2D eigenvalue weighted by molar-refractivity contribution is 0.577. The van der Waals surface area contributed by atoms with Crippen LogP contribution in [0.5, 0.6) is 11.6 Å². The molecule has 54 valence electrons. The zero-order valence-corrected chi connectivity index (χ0v) is 7.92. The van der Waals surface area contributed by atoms with Gasteiger partial charge in [0.15, 0.2) is 38.3 Å². The van der Waals surface area contributed by atoms with Crippen LogP contribution in [-0.4, -0.2) is 4.98 Å². The molecule has 0 N–H and O–H groups in total. The monoisotopic (exact) mass is 267 g/mol. The normalized spacial score (nSPS) is 9.00. The summed E-state index contributed by atoms with van der Waals surface area (Å²) in [5.41, 5.74) is 0. The molecule has 0 radical (unpaired) electrons. The van der Waals surface area contributed by atoms with Gasteiger partial charge < -0.3 is 7.66 Å². The summed E-state index contributed by atoms with van der Waals surface area (Å²) in [7, 11) is 0. The zero-order valence-electron chi connectivity index (χ0n) is 4.75. The van der Waals surface area contributed by atoms with Gasteiger partial charge in [-0.25, -0.2) is 4.98 Å². The van der Waals surface area contributed by atoms with Crippen LogP contribution >= 0.6 is 32.5 Å². The molecule has 10 heavy (non-hydrogen) atoms. The summed E-state index contributed by atoms with van der Waals surface area (Å²) in [5.74, 6) is 0.916. The Bertz CT molecular complexity index is 196. The standard InChI is InChI=1S/C5H3Br2NO2/c6-9-4-2-1-3-8-5(4)10-7/h1-3H. The molecule has 1 heterocycles. The quantitative estimate of drug-likeness (QED) is 0.826. The smallest absolute Gasteiger partial charge is 0.271 e. The van der Waals surface area contributed by atoms with Crippen LogP contribution in [-0.2, 0) is 0 Å². The molecule has 0 saturated carbocycles. The summed E-state index contributed by atoms with van der Waals surface area (Å²) >= 11 is 5.59. The van der Waals surface area contributed by atoms with E-state index in [0.29, 0.717) is 11.6 Å². The highest BCUT2D eigenvalue weighted by atomic mass is 79.9. The summed E-state index contributed by atoms with van der Waals surface area (Å²) in [6.45, 7) is 0. The SMILES string of the molecule is BrOc1cccnc1OBr. The van der Waals surface area contributed by atoms with Gasteiger partial charge in [0.2, 0.25) is 0 Å². The van der Waals surface area contributed by atoms with Gasteiger partial charge in [-0.05, 0) is 12.1 Å². The molecule has 0 fully saturated rings. The van der Waals surface area contributed by atoms with Crippen molar-refractivity contribution in [3.05, 3.63) is 18.3 Å². The van der Waals surface area contributed by atoms with Crippen LogP contribution in [0.3, 0.4) is 0 Å². The number of rotatable bonds is 2. The van der Waals surface area contributed by atoms with E-state index in [4.69, 9.17) is 3.83 Å². The Balaban J connectivity index is 2.96. The second-order valence-corrected chi connectivity index (χ2v) is 2.11. The third kappa shape index (κ3) is 1.60. The van der Waals surface area contributed by atoms with Crippen molar-refractivity contribution >= 4 is 32.5 Å². The van der Waals surface area contributed by atoms with E-state index in [1.165, 1.54) is 0 Å². The van der Waals surface area contributed by atoms with E-state index in [2.05, 4.69) is 41.3 Å². The van der Waals surface area contributed by atoms with Crippen LogP contribution in [0.4, 0.5) is 0 Å². The molecule has 0 aliphatic carbocycles. The van der Waals surface area contributed by atoms with Gasteiger partial charge in [-0.15, -0.1) is 0 Å². The molecule has 0 bridgehead atoms. The summed E-state index contributed by atoms with van der Waals surface area (Å²) in [6, 6.07) is 3.46. The van der Waals surface area contributed by atoms with Gasteiger partial charge in [-0.1, -0.05) is 0 Å². The van der Waals surface area contributed by atoms with Gasteiger partial charge in [0.1, 0.15) is 0 Å². The van der Waals surface area contributed by atoms with E-state index < -0.39 is 0 Å². The molecule has 0 atom stereocenters. The summed E-state index contributed by atoms with van der Waals surface area (Å²) < 4.78 is 9.41. The number of hydrogen-bond donors (Lipinski definition) is 0. The second-order valence-electron chi connectivity index (χ2n) is 1.46. The van der Waals surface area contributed by atoms with E-state index in [1.54, 1.807) is 18.3 Å². The minimum absolute atomic E-state index is 0.388. The predicted octanol–water partition coefficient (Wildman–Crippen LogP) is 2.46. The Morgan fingerprint density at radius 3 is 2.60 bits per heavy atom. The van der Waals surface area contributed by atoms with Crippen molar-refractivity contribution in [3.63, 3.8) is 0 Å². The van der Waals surface area contributed by atoms with Crippen LogP contribution in [0.25, 0.3) is 0 Å². The fourth-order valence-corrected chi connectivity index (χ4v) is 0.982. The fraction of sp³-hybridized carbons (Fsp3) is 0. The number of halogens is 2. The minimum Gasteiger partial charge on any atom is -0.412 e. The molecule has 0 saturated heterocycles. The molecule has 1 rings (SSSR count). The molecule has 0 spiro atoms. The van der Waals surface area contributed by atoms with Crippen molar-refractivity contribution in [2.45, 2.75) is 0 Å². The van der Waals surface area contributed by atoms with E-state index >= 15 is 0 Å². The van der Waals surface area contributed by atoms with Gasteiger partial charge in [-0.3, -0.25) is 0 Å². The lowest BCUT2D eigenvalue weighted by Gasteiger charge is -1.99. The molecular formula is C5H3Br2NO2. The lowest BCUT2D eigenvalue weighted by atomic mass is 10.4. The Kier molecular flexibility index (Phi) is 2.95. The molecule has 1 aromatic heterocycles. The van der Waals surface area contributed by atoms with Crippen molar-refractivity contribution in [2.75, 3.05) is 0 Å². The molecule has 0 amide bonds. The van der Waals surface area contributed by atoms with Gasteiger partial charge in [0.25, 0.3) is 5.88 Å². The van der Waals surface area contributed by atoms with Gasteiger partial charge in [0.05, 0.1) is 0 Å². The minimum atomic E-state index is 0.388. The van der Waals surface area contributed by atoms with Crippen molar-refractivity contribution in [2.24, 2.45) is 0 Å². The topological polar surface area (TPSA) is 31.4 Å². The van der Waals surface area contributed by atoms with Crippen LogP contribution in [0, 0.1) is 0 Å². The molecule has 0 unspecified atom stereocenters. The number of aromatic nitrogens is 1. The van der Waals surface area contributed by atoms with Crippen LogP contribution in [0.1, 0.15) is 0 Å².